The third-order valence-electron chi connectivity index (χ3n) is 1.27. The number of carbonyl (C=O) groups excluding carboxylic acids is 1. The van der Waals surface area contributed by atoms with Crippen molar-refractivity contribution in [3.63, 3.8) is 0 Å². The van der Waals surface area contributed by atoms with E-state index in [-0.39, 0.29) is 0 Å². The van der Waals surface area contributed by atoms with Gasteiger partial charge in [-0.3, -0.25) is 0 Å². The first-order chi connectivity index (χ1) is 5.72. The molecule has 0 aromatic heterocycles. The van der Waals surface area contributed by atoms with Crippen LogP contribution >= 0.6 is 0 Å². The minimum Gasteiger partial charge on any atom is -0.497 e. The molecule has 0 saturated carbocycles. The normalized spacial score (nSPS) is 9.08. The summed E-state index contributed by atoms with van der Waals surface area (Å²) in [5, 5.41) is 2.38. The Morgan fingerprint density at radius 3 is 3.08 bits per heavy atom. The Kier molecular flexibility index (Phi) is 2.53. The largest absolute Gasteiger partial charge is 0.497 e. The van der Waals surface area contributed by atoms with Crippen molar-refractivity contribution < 1.29 is 9.53 Å². The Labute approximate surface area is 70.3 Å². The average molecular weight is 165 g/mol. The number of ether oxygens (including phenoxy) is 1. The summed E-state index contributed by atoms with van der Waals surface area (Å²) in [7, 11) is 1.55. The van der Waals surface area contributed by atoms with E-state index >= 15 is 0 Å². The number of primary amides is 1. The van der Waals surface area contributed by atoms with E-state index < -0.39 is 6.03 Å². The molecule has 3 N–H and O–H groups in total. The van der Waals surface area contributed by atoms with Gasteiger partial charge in [-0.25, -0.2) is 4.79 Å². The van der Waals surface area contributed by atoms with Gasteiger partial charge in [-0.15, -0.1) is 0 Å². The van der Waals surface area contributed by atoms with Gasteiger partial charge in [0, 0.05) is 12.1 Å². The molecule has 12 heavy (non-hydrogen) atoms. The predicted octanol–water partition coefficient (Wildman–Crippen LogP) is 0.986. The highest BCUT2D eigenvalue weighted by Crippen LogP contribution is 2.15. The molecule has 2 amide bonds. The van der Waals surface area contributed by atoms with Gasteiger partial charge in [-0.2, -0.15) is 0 Å². The molecule has 1 aromatic carbocycles. The molecule has 0 aliphatic carbocycles. The Morgan fingerprint density at radius 1 is 1.75 bits per heavy atom. The Morgan fingerprint density at radius 2 is 2.50 bits per heavy atom. The van der Waals surface area contributed by atoms with Crippen LogP contribution in [0.2, 0.25) is 0 Å². The number of carbonyl (C=O) groups is 1. The molecule has 1 radical (unpaired) electrons. The van der Waals surface area contributed by atoms with Gasteiger partial charge in [-0.05, 0) is 12.1 Å². The zero-order chi connectivity index (χ0) is 8.97. The number of hydrogen-bond donors (Lipinski definition) is 2. The molecular weight excluding hydrogens is 156 g/mol. The maximum Gasteiger partial charge on any atom is 0.316 e. The summed E-state index contributed by atoms with van der Waals surface area (Å²) in [6.07, 6.45) is 0. The van der Waals surface area contributed by atoms with Crippen LogP contribution < -0.4 is 15.8 Å². The fraction of sp³-hybridized carbons (Fsp3) is 0.125. The summed E-state index contributed by atoms with van der Waals surface area (Å²) in [6, 6.07) is 7.17. The predicted molar refractivity (Wildman–Crippen MR) is 45.0 cm³/mol. The summed E-state index contributed by atoms with van der Waals surface area (Å²) in [6.45, 7) is 0. The lowest BCUT2D eigenvalue weighted by atomic mass is 10.3. The van der Waals surface area contributed by atoms with Crippen LogP contribution in [-0.2, 0) is 0 Å². The molecule has 0 atom stereocenters. The zero-order valence-electron chi connectivity index (χ0n) is 6.63. The highest BCUT2D eigenvalue weighted by Gasteiger charge is 1.97. The van der Waals surface area contributed by atoms with Crippen LogP contribution in [0.4, 0.5) is 10.5 Å². The van der Waals surface area contributed by atoms with Gasteiger partial charge < -0.3 is 15.8 Å². The molecule has 0 spiro atoms. The molecule has 0 aliphatic rings. The van der Waals surface area contributed by atoms with E-state index in [0.29, 0.717) is 11.4 Å². The van der Waals surface area contributed by atoms with Crippen molar-refractivity contribution in [1.29, 1.82) is 0 Å². The monoisotopic (exact) mass is 165 g/mol. The minimum absolute atomic E-state index is 0.502. The maximum absolute atomic E-state index is 10.4. The van der Waals surface area contributed by atoms with E-state index in [1.165, 1.54) is 0 Å². The quantitative estimate of drug-likeness (QED) is 0.686. The lowest BCUT2D eigenvalue weighted by molar-refractivity contribution is 0.259. The van der Waals surface area contributed by atoms with Gasteiger partial charge in [0.05, 0.1) is 12.8 Å². The maximum atomic E-state index is 10.4. The van der Waals surface area contributed by atoms with E-state index in [1.807, 2.05) is 0 Å². The Balaban J connectivity index is 2.79. The van der Waals surface area contributed by atoms with Gasteiger partial charge in [-0.1, -0.05) is 0 Å². The molecular formula is C8H9N2O2. The Hall–Kier alpha value is -1.71. The zero-order valence-corrected chi connectivity index (χ0v) is 6.63. The fourth-order valence-corrected chi connectivity index (χ4v) is 0.777. The first-order valence-corrected chi connectivity index (χ1v) is 3.34. The number of benzene rings is 1. The standard InChI is InChI=1S/C8H9N2O2/c1-12-7-4-2-3-6(5-7)10-8(9)11/h2,4-5H,1H3,(H3,9,10,11). The summed E-state index contributed by atoms with van der Waals surface area (Å²) < 4.78 is 4.92. The van der Waals surface area contributed by atoms with E-state index in [9.17, 15) is 4.79 Å². The molecule has 0 bridgehead atoms. The summed E-state index contributed by atoms with van der Waals surface area (Å²) in [4.78, 5) is 10.4. The number of nitrogens with one attached hydrogen (secondary N) is 1. The lowest BCUT2D eigenvalue weighted by Crippen LogP contribution is -2.19. The molecule has 0 heterocycles. The smallest absolute Gasteiger partial charge is 0.316 e. The summed E-state index contributed by atoms with van der Waals surface area (Å²) in [5.74, 6) is 0.650. The third-order valence-corrected chi connectivity index (χ3v) is 1.27. The van der Waals surface area contributed by atoms with Gasteiger partial charge in [0.25, 0.3) is 0 Å². The van der Waals surface area contributed by atoms with Crippen molar-refractivity contribution in [2.75, 3.05) is 12.4 Å². The molecule has 0 unspecified atom stereocenters. The van der Waals surface area contributed by atoms with Gasteiger partial charge in [0.15, 0.2) is 0 Å². The molecule has 1 rings (SSSR count). The number of methoxy groups -OCH3 is 1. The van der Waals surface area contributed by atoms with Crippen molar-refractivity contribution in [3.05, 3.63) is 24.3 Å². The highest BCUT2D eigenvalue weighted by atomic mass is 16.5. The SMILES string of the molecule is COc1cc[c]c(NC(N)=O)c1. The van der Waals surface area contributed by atoms with Crippen molar-refractivity contribution in [3.8, 4) is 5.75 Å². The molecule has 0 aliphatic heterocycles. The third kappa shape index (κ3) is 2.16. The van der Waals surface area contributed by atoms with Gasteiger partial charge >= 0.3 is 6.03 Å². The molecule has 4 heteroatoms. The molecule has 0 fully saturated rings. The number of rotatable bonds is 2. The van der Waals surface area contributed by atoms with Crippen LogP contribution in [0.1, 0.15) is 0 Å². The van der Waals surface area contributed by atoms with Crippen molar-refractivity contribution in [2.45, 2.75) is 0 Å². The second-order valence-corrected chi connectivity index (χ2v) is 2.13. The lowest BCUT2D eigenvalue weighted by Gasteiger charge is -2.02. The van der Waals surface area contributed by atoms with Crippen LogP contribution in [0, 0.1) is 6.07 Å². The van der Waals surface area contributed by atoms with Crippen LogP contribution in [0.5, 0.6) is 5.75 Å². The second-order valence-electron chi connectivity index (χ2n) is 2.13. The van der Waals surface area contributed by atoms with E-state index in [2.05, 4.69) is 11.4 Å². The molecule has 63 valence electrons. The second kappa shape index (κ2) is 3.61. The van der Waals surface area contributed by atoms with Crippen LogP contribution in [-0.4, -0.2) is 13.1 Å². The number of anilines is 1. The number of urea groups is 1. The van der Waals surface area contributed by atoms with Crippen molar-refractivity contribution in [2.24, 2.45) is 5.73 Å². The van der Waals surface area contributed by atoms with Gasteiger partial charge in [0.2, 0.25) is 0 Å². The first-order valence-electron chi connectivity index (χ1n) is 3.34. The average Bonchev–Trinajstić information content (AvgIpc) is 2.03. The summed E-state index contributed by atoms with van der Waals surface area (Å²) >= 11 is 0. The summed E-state index contributed by atoms with van der Waals surface area (Å²) in [5.41, 5.74) is 5.41. The van der Waals surface area contributed by atoms with Gasteiger partial charge in [0.1, 0.15) is 5.75 Å². The minimum atomic E-state index is -0.612. The van der Waals surface area contributed by atoms with Crippen molar-refractivity contribution >= 4 is 11.7 Å². The molecule has 0 saturated heterocycles. The molecule has 4 nitrogen and oxygen atoms in total. The van der Waals surface area contributed by atoms with Crippen LogP contribution in [0.3, 0.4) is 0 Å². The van der Waals surface area contributed by atoms with E-state index in [4.69, 9.17) is 10.5 Å². The molecule has 1 aromatic rings. The van der Waals surface area contributed by atoms with Crippen LogP contribution in [0.15, 0.2) is 18.2 Å². The number of hydrogen-bond acceptors (Lipinski definition) is 2. The van der Waals surface area contributed by atoms with Crippen LogP contribution in [0.25, 0.3) is 0 Å². The number of nitrogens with two attached hydrogens (primary N) is 1. The van der Waals surface area contributed by atoms with E-state index in [1.54, 1.807) is 25.3 Å². The fourth-order valence-electron chi connectivity index (χ4n) is 0.777. The first kappa shape index (κ1) is 8.39. The highest BCUT2D eigenvalue weighted by molar-refractivity contribution is 5.87. The van der Waals surface area contributed by atoms with E-state index in [0.717, 1.165) is 0 Å². The van der Waals surface area contributed by atoms with Crippen molar-refractivity contribution in [1.82, 2.24) is 0 Å². The number of amides is 2. The topological polar surface area (TPSA) is 64.3 Å². The Bertz CT molecular complexity index is 286.